The van der Waals surface area contributed by atoms with Crippen molar-refractivity contribution < 1.29 is 28.6 Å². The molecule has 0 aliphatic rings. The predicted molar refractivity (Wildman–Crippen MR) is 103 cm³/mol. The van der Waals surface area contributed by atoms with Gasteiger partial charge in [-0.2, -0.15) is 0 Å². The second-order valence-electron chi connectivity index (χ2n) is 5.83. The first-order valence-corrected chi connectivity index (χ1v) is 8.45. The fourth-order valence-electron chi connectivity index (χ4n) is 2.35. The van der Waals surface area contributed by atoms with E-state index >= 15 is 0 Å². The summed E-state index contributed by atoms with van der Waals surface area (Å²) in [7, 11) is 2.99. The van der Waals surface area contributed by atoms with Crippen LogP contribution in [-0.2, 0) is 14.3 Å². The second-order valence-corrected chi connectivity index (χ2v) is 5.83. The van der Waals surface area contributed by atoms with Gasteiger partial charge in [-0.3, -0.25) is 14.4 Å². The van der Waals surface area contributed by atoms with Crippen LogP contribution in [0.1, 0.15) is 15.9 Å². The molecule has 0 aromatic heterocycles. The standard InChI is InChI=1S/C20H22N2O6/c1-13-5-4-6-14(9-13)20(25)21-11-19(24)28-12-18(23)22-15-7-8-16(26-2)17(10-15)27-3/h4-10H,11-12H2,1-3H3,(H,21,25)(H,22,23). The van der Waals surface area contributed by atoms with Crippen LogP contribution < -0.4 is 20.1 Å². The number of benzene rings is 2. The average Bonchev–Trinajstić information content (AvgIpc) is 2.70. The van der Waals surface area contributed by atoms with Crippen molar-refractivity contribution >= 4 is 23.5 Å². The Hall–Kier alpha value is -3.55. The number of aryl methyl sites for hydroxylation is 1. The summed E-state index contributed by atoms with van der Waals surface area (Å²) < 4.78 is 15.1. The number of hydrogen-bond donors (Lipinski definition) is 2. The summed E-state index contributed by atoms with van der Waals surface area (Å²) in [5.74, 6) is -0.656. The maximum atomic E-state index is 12.0. The molecular weight excluding hydrogens is 364 g/mol. The first kappa shape index (κ1) is 20.8. The van der Waals surface area contributed by atoms with Crippen LogP contribution in [0.2, 0.25) is 0 Å². The third-order valence-electron chi connectivity index (χ3n) is 3.71. The van der Waals surface area contributed by atoms with E-state index in [1.54, 1.807) is 36.4 Å². The number of ether oxygens (including phenoxy) is 3. The maximum absolute atomic E-state index is 12.0. The summed E-state index contributed by atoms with van der Waals surface area (Å²) in [5.41, 5.74) is 1.84. The lowest BCUT2D eigenvalue weighted by Gasteiger charge is -2.11. The minimum Gasteiger partial charge on any atom is -0.493 e. The summed E-state index contributed by atoms with van der Waals surface area (Å²) in [4.78, 5) is 35.6. The fraction of sp³-hybridized carbons (Fsp3) is 0.250. The van der Waals surface area contributed by atoms with Crippen molar-refractivity contribution in [3.63, 3.8) is 0 Å². The Balaban J connectivity index is 1.78. The lowest BCUT2D eigenvalue weighted by atomic mass is 10.1. The molecule has 0 heterocycles. The number of nitrogens with one attached hydrogen (secondary N) is 2. The van der Waals surface area contributed by atoms with Crippen molar-refractivity contribution in [1.82, 2.24) is 5.32 Å². The van der Waals surface area contributed by atoms with E-state index in [0.717, 1.165) is 5.56 Å². The second kappa shape index (κ2) is 9.96. The third-order valence-corrected chi connectivity index (χ3v) is 3.71. The first-order chi connectivity index (χ1) is 13.4. The van der Waals surface area contributed by atoms with Gasteiger partial charge in [0.25, 0.3) is 11.8 Å². The van der Waals surface area contributed by atoms with Gasteiger partial charge < -0.3 is 24.8 Å². The Kier molecular flexibility index (Phi) is 7.38. The molecule has 0 radical (unpaired) electrons. The van der Waals surface area contributed by atoms with Gasteiger partial charge >= 0.3 is 5.97 Å². The van der Waals surface area contributed by atoms with Crippen molar-refractivity contribution in [3.8, 4) is 11.5 Å². The van der Waals surface area contributed by atoms with Crippen LogP contribution in [0.5, 0.6) is 11.5 Å². The average molecular weight is 386 g/mol. The maximum Gasteiger partial charge on any atom is 0.325 e. The molecule has 148 valence electrons. The quantitative estimate of drug-likeness (QED) is 0.672. The third kappa shape index (κ3) is 6.01. The summed E-state index contributed by atoms with van der Waals surface area (Å²) in [6, 6.07) is 11.8. The van der Waals surface area contributed by atoms with E-state index in [2.05, 4.69) is 10.6 Å². The fourth-order valence-corrected chi connectivity index (χ4v) is 2.35. The highest BCUT2D eigenvalue weighted by Crippen LogP contribution is 2.29. The highest BCUT2D eigenvalue weighted by molar-refractivity contribution is 5.96. The van der Waals surface area contributed by atoms with E-state index < -0.39 is 24.4 Å². The van der Waals surface area contributed by atoms with Crippen molar-refractivity contribution in [2.75, 3.05) is 32.7 Å². The van der Waals surface area contributed by atoms with Gasteiger partial charge in [-0.05, 0) is 31.2 Å². The molecule has 0 atom stereocenters. The Bertz CT molecular complexity index is 866. The zero-order valence-corrected chi connectivity index (χ0v) is 15.9. The van der Waals surface area contributed by atoms with Crippen LogP contribution in [0.3, 0.4) is 0 Å². The molecule has 2 amide bonds. The lowest BCUT2D eigenvalue weighted by molar-refractivity contribution is -0.146. The van der Waals surface area contributed by atoms with Gasteiger partial charge in [-0.1, -0.05) is 17.7 Å². The van der Waals surface area contributed by atoms with E-state index in [1.165, 1.54) is 14.2 Å². The van der Waals surface area contributed by atoms with Crippen molar-refractivity contribution in [2.24, 2.45) is 0 Å². The normalized spacial score (nSPS) is 9.96. The van der Waals surface area contributed by atoms with Crippen molar-refractivity contribution in [2.45, 2.75) is 6.92 Å². The number of anilines is 1. The summed E-state index contributed by atoms with van der Waals surface area (Å²) in [5, 5.41) is 5.03. The number of rotatable bonds is 8. The molecule has 0 spiro atoms. The molecule has 2 N–H and O–H groups in total. The van der Waals surface area contributed by atoms with E-state index in [1.807, 2.05) is 13.0 Å². The molecule has 2 rings (SSSR count). The van der Waals surface area contributed by atoms with Gasteiger partial charge in [0, 0.05) is 17.3 Å². The van der Waals surface area contributed by atoms with Gasteiger partial charge in [0.05, 0.1) is 14.2 Å². The monoisotopic (exact) mass is 386 g/mol. The minimum atomic E-state index is -0.719. The summed E-state index contributed by atoms with van der Waals surface area (Å²) in [6.07, 6.45) is 0. The van der Waals surface area contributed by atoms with Crippen LogP contribution in [0.4, 0.5) is 5.69 Å². The number of carbonyl (C=O) groups is 3. The topological polar surface area (TPSA) is 103 Å². The zero-order chi connectivity index (χ0) is 20.5. The predicted octanol–water partition coefficient (Wildman–Crippen LogP) is 1.92. The minimum absolute atomic E-state index is 0.337. The van der Waals surface area contributed by atoms with Gasteiger partial charge in [0.1, 0.15) is 6.54 Å². The SMILES string of the molecule is COc1ccc(NC(=O)COC(=O)CNC(=O)c2cccc(C)c2)cc1OC. The molecule has 0 aliphatic carbocycles. The molecule has 2 aromatic rings. The van der Waals surface area contributed by atoms with Crippen LogP contribution in [0.15, 0.2) is 42.5 Å². The van der Waals surface area contributed by atoms with Crippen LogP contribution in [0.25, 0.3) is 0 Å². The molecule has 8 heteroatoms. The molecule has 8 nitrogen and oxygen atoms in total. The van der Waals surface area contributed by atoms with Crippen molar-refractivity contribution in [1.29, 1.82) is 0 Å². The van der Waals surface area contributed by atoms with E-state index in [-0.39, 0.29) is 6.54 Å². The first-order valence-electron chi connectivity index (χ1n) is 8.45. The van der Waals surface area contributed by atoms with E-state index in [0.29, 0.717) is 22.7 Å². The highest BCUT2D eigenvalue weighted by Gasteiger charge is 2.12. The Labute approximate surface area is 162 Å². The molecule has 0 fully saturated rings. The molecule has 0 unspecified atom stereocenters. The number of amides is 2. The molecule has 0 saturated heterocycles. The number of hydrogen-bond acceptors (Lipinski definition) is 6. The van der Waals surface area contributed by atoms with E-state index in [4.69, 9.17) is 14.2 Å². The number of esters is 1. The summed E-state index contributed by atoms with van der Waals surface area (Å²) in [6.45, 7) is 1.05. The summed E-state index contributed by atoms with van der Waals surface area (Å²) >= 11 is 0. The Morgan fingerprint density at radius 2 is 1.71 bits per heavy atom. The smallest absolute Gasteiger partial charge is 0.325 e. The largest absolute Gasteiger partial charge is 0.493 e. The highest BCUT2D eigenvalue weighted by atomic mass is 16.5. The number of methoxy groups -OCH3 is 2. The lowest BCUT2D eigenvalue weighted by Crippen LogP contribution is -2.32. The molecule has 28 heavy (non-hydrogen) atoms. The van der Waals surface area contributed by atoms with Gasteiger partial charge in [-0.25, -0.2) is 0 Å². The van der Waals surface area contributed by atoms with Crippen molar-refractivity contribution in [3.05, 3.63) is 53.6 Å². The molecular formula is C20H22N2O6. The molecule has 0 aliphatic heterocycles. The van der Waals surface area contributed by atoms with Crippen LogP contribution >= 0.6 is 0 Å². The molecule has 2 aromatic carbocycles. The van der Waals surface area contributed by atoms with Gasteiger partial charge in [-0.15, -0.1) is 0 Å². The molecule has 0 saturated carbocycles. The van der Waals surface area contributed by atoms with Crippen LogP contribution in [0, 0.1) is 6.92 Å². The van der Waals surface area contributed by atoms with Crippen LogP contribution in [-0.4, -0.2) is 45.2 Å². The van der Waals surface area contributed by atoms with Gasteiger partial charge in [0.2, 0.25) is 0 Å². The zero-order valence-electron chi connectivity index (χ0n) is 15.9. The van der Waals surface area contributed by atoms with Gasteiger partial charge in [0.15, 0.2) is 18.1 Å². The Morgan fingerprint density at radius 1 is 0.964 bits per heavy atom. The Morgan fingerprint density at radius 3 is 2.39 bits per heavy atom. The molecule has 0 bridgehead atoms. The van der Waals surface area contributed by atoms with E-state index in [9.17, 15) is 14.4 Å². The number of carbonyl (C=O) groups excluding carboxylic acids is 3.